The van der Waals surface area contributed by atoms with Gasteiger partial charge in [0.15, 0.2) is 0 Å². The van der Waals surface area contributed by atoms with Crippen LogP contribution in [0.3, 0.4) is 0 Å². The molecule has 0 aliphatic carbocycles. The first-order valence-electron chi connectivity index (χ1n) is 5.11. The van der Waals surface area contributed by atoms with Crippen molar-refractivity contribution < 1.29 is 0 Å². The summed E-state index contributed by atoms with van der Waals surface area (Å²) >= 11 is 13.4. The highest BCUT2D eigenvalue weighted by molar-refractivity contribution is 7.07. The molecule has 0 aliphatic rings. The van der Waals surface area contributed by atoms with Gasteiger partial charge in [0.2, 0.25) is 5.28 Å². The Morgan fingerprint density at radius 2 is 2.29 bits per heavy atom. The van der Waals surface area contributed by atoms with Crippen LogP contribution in [0.25, 0.3) is 0 Å². The van der Waals surface area contributed by atoms with E-state index in [-0.39, 0.29) is 11.3 Å². The first-order valence-corrected chi connectivity index (χ1v) is 6.80. The largest absolute Gasteiger partial charge is 0.366 e. The van der Waals surface area contributed by atoms with Crippen molar-refractivity contribution in [2.24, 2.45) is 0 Å². The van der Waals surface area contributed by atoms with Crippen LogP contribution in [0, 0.1) is 0 Å². The number of anilines is 1. The molecule has 0 saturated carbocycles. The summed E-state index contributed by atoms with van der Waals surface area (Å²) in [5, 5.41) is 8.10. The second-order valence-electron chi connectivity index (χ2n) is 3.72. The molecular formula is C11H11Cl2N3S. The van der Waals surface area contributed by atoms with E-state index < -0.39 is 0 Å². The maximum Gasteiger partial charge on any atom is 0.224 e. The van der Waals surface area contributed by atoms with E-state index in [9.17, 15) is 0 Å². The Bertz CT molecular complexity index is 487. The maximum absolute atomic E-state index is 5.98. The Kier molecular flexibility index (Phi) is 4.20. The molecule has 0 bridgehead atoms. The Morgan fingerprint density at radius 3 is 3.00 bits per heavy atom. The molecule has 2 aromatic heterocycles. The van der Waals surface area contributed by atoms with Gasteiger partial charge in [0.1, 0.15) is 10.8 Å². The molecule has 17 heavy (non-hydrogen) atoms. The molecule has 2 aromatic rings. The fourth-order valence-corrected chi connectivity index (χ4v) is 2.45. The fourth-order valence-electron chi connectivity index (χ4n) is 1.49. The Morgan fingerprint density at radius 1 is 1.47 bits per heavy atom. The number of nitrogens with zero attached hydrogens (tertiary/aromatic N) is 2. The number of hydrogen-bond acceptors (Lipinski definition) is 4. The number of hydrogen-bond donors (Lipinski definition) is 1. The minimum Gasteiger partial charge on any atom is -0.366 e. The summed E-state index contributed by atoms with van der Waals surface area (Å²) in [5.41, 5.74) is 1.30. The predicted octanol–water partition coefficient (Wildman–Crippen LogP) is 3.89. The van der Waals surface area contributed by atoms with E-state index in [0.717, 1.165) is 6.42 Å². The Balaban J connectivity index is 2.02. The van der Waals surface area contributed by atoms with Crippen LogP contribution in [0.1, 0.15) is 12.5 Å². The molecule has 3 nitrogen and oxygen atoms in total. The third kappa shape index (κ3) is 3.56. The molecule has 1 unspecified atom stereocenters. The van der Waals surface area contributed by atoms with Crippen LogP contribution < -0.4 is 5.32 Å². The molecule has 0 aliphatic heterocycles. The van der Waals surface area contributed by atoms with Crippen LogP contribution in [-0.2, 0) is 6.42 Å². The molecule has 0 fully saturated rings. The highest BCUT2D eigenvalue weighted by Crippen LogP contribution is 2.21. The van der Waals surface area contributed by atoms with Gasteiger partial charge in [-0.2, -0.15) is 16.3 Å². The quantitative estimate of drug-likeness (QED) is 0.867. The summed E-state index contributed by atoms with van der Waals surface area (Å²) in [7, 11) is 0. The highest BCUT2D eigenvalue weighted by atomic mass is 35.5. The Hall–Kier alpha value is -0.840. The molecule has 1 atom stereocenters. The van der Waals surface area contributed by atoms with Gasteiger partial charge in [-0.3, -0.25) is 0 Å². The van der Waals surface area contributed by atoms with Crippen molar-refractivity contribution in [3.05, 3.63) is 38.9 Å². The molecule has 0 saturated heterocycles. The standard InChI is InChI=1S/C11H11Cl2N3S/c1-7(4-8-2-3-17-6-8)15-10-9(12)5-14-11(13)16-10/h2-3,5-7H,4H2,1H3,(H,14,15,16). The van der Waals surface area contributed by atoms with Crippen LogP contribution in [-0.4, -0.2) is 16.0 Å². The van der Waals surface area contributed by atoms with E-state index >= 15 is 0 Å². The van der Waals surface area contributed by atoms with Gasteiger partial charge in [0.25, 0.3) is 0 Å². The van der Waals surface area contributed by atoms with E-state index in [4.69, 9.17) is 23.2 Å². The smallest absolute Gasteiger partial charge is 0.224 e. The zero-order valence-corrected chi connectivity index (χ0v) is 11.5. The molecule has 6 heteroatoms. The molecule has 0 radical (unpaired) electrons. The molecule has 0 amide bonds. The lowest BCUT2D eigenvalue weighted by molar-refractivity contribution is 0.786. The fraction of sp³-hybridized carbons (Fsp3) is 0.273. The highest BCUT2D eigenvalue weighted by Gasteiger charge is 2.09. The van der Waals surface area contributed by atoms with Gasteiger partial charge in [-0.1, -0.05) is 11.6 Å². The molecule has 0 aromatic carbocycles. The van der Waals surface area contributed by atoms with E-state index in [0.29, 0.717) is 10.8 Å². The lowest BCUT2D eigenvalue weighted by Crippen LogP contribution is -2.19. The van der Waals surface area contributed by atoms with Gasteiger partial charge < -0.3 is 5.32 Å². The second kappa shape index (κ2) is 5.67. The number of rotatable bonds is 4. The number of halogens is 2. The monoisotopic (exact) mass is 287 g/mol. The van der Waals surface area contributed by atoms with Gasteiger partial charge in [-0.15, -0.1) is 0 Å². The van der Waals surface area contributed by atoms with Crippen LogP contribution in [0.4, 0.5) is 5.82 Å². The zero-order valence-electron chi connectivity index (χ0n) is 9.15. The lowest BCUT2D eigenvalue weighted by atomic mass is 10.1. The summed E-state index contributed by atoms with van der Waals surface area (Å²) in [5.74, 6) is 0.578. The topological polar surface area (TPSA) is 37.8 Å². The SMILES string of the molecule is CC(Cc1ccsc1)Nc1nc(Cl)ncc1Cl. The van der Waals surface area contributed by atoms with Crippen molar-refractivity contribution in [1.29, 1.82) is 0 Å². The molecular weight excluding hydrogens is 277 g/mol. The van der Waals surface area contributed by atoms with Crippen molar-refractivity contribution in [3.8, 4) is 0 Å². The number of aromatic nitrogens is 2. The van der Waals surface area contributed by atoms with E-state index in [1.807, 2.05) is 0 Å². The minimum atomic E-state index is 0.194. The van der Waals surface area contributed by atoms with Crippen LogP contribution in [0.5, 0.6) is 0 Å². The number of thiophene rings is 1. The van der Waals surface area contributed by atoms with Crippen molar-refractivity contribution in [1.82, 2.24) is 9.97 Å². The van der Waals surface area contributed by atoms with Gasteiger partial charge in [-0.05, 0) is 47.3 Å². The normalized spacial score (nSPS) is 12.4. The van der Waals surface area contributed by atoms with Crippen LogP contribution in [0.15, 0.2) is 23.0 Å². The molecule has 0 spiro atoms. The first kappa shape index (κ1) is 12.6. The summed E-state index contributed by atoms with van der Waals surface area (Å²) in [6.07, 6.45) is 2.41. The number of nitrogens with one attached hydrogen (secondary N) is 1. The average molecular weight is 288 g/mol. The molecule has 90 valence electrons. The summed E-state index contributed by atoms with van der Waals surface area (Å²) in [4.78, 5) is 7.86. The van der Waals surface area contributed by atoms with Gasteiger partial charge in [0, 0.05) is 6.04 Å². The van der Waals surface area contributed by atoms with Crippen LogP contribution in [0.2, 0.25) is 10.3 Å². The van der Waals surface area contributed by atoms with Crippen molar-refractivity contribution in [3.63, 3.8) is 0 Å². The average Bonchev–Trinajstić information content (AvgIpc) is 2.76. The predicted molar refractivity (Wildman–Crippen MR) is 73.2 cm³/mol. The second-order valence-corrected chi connectivity index (χ2v) is 5.24. The third-order valence-corrected chi connectivity index (χ3v) is 3.41. The Labute approximate surface area is 114 Å². The summed E-state index contributed by atoms with van der Waals surface area (Å²) in [6.45, 7) is 2.07. The van der Waals surface area contributed by atoms with Crippen molar-refractivity contribution in [2.75, 3.05) is 5.32 Å². The van der Waals surface area contributed by atoms with Gasteiger partial charge in [0.05, 0.1) is 6.20 Å². The molecule has 2 rings (SSSR count). The lowest BCUT2D eigenvalue weighted by Gasteiger charge is -2.14. The van der Waals surface area contributed by atoms with E-state index in [1.54, 1.807) is 11.3 Å². The van der Waals surface area contributed by atoms with E-state index in [1.165, 1.54) is 11.8 Å². The van der Waals surface area contributed by atoms with Crippen molar-refractivity contribution in [2.45, 2.75) is 19.4 Å². The van der Waals surface area contributed by atoms with Crippen molar-refractivity contribution >= 4 is 40.4 Å². The summed E-state index contributed by atoms with van der Waals surface area (Å²) < 4.78 is 0. The molecule has 2 heterocycles. The van der Waals surface area contributed by atoms with Gasteiger partial charge in [-0.25, -0.2) is 4.98 Å². The first-order chi connectivity index (χ1) is 8.15. The maximum atomic E-state index is 5.98. The molecule has 1 N–H and O–H groups in total. The minimum absolute atomic E-state index is 0.194. The van der Waals surface area contributed by atoms with Crippen LogP contribution >= 0.6 is 34.5 Å². The zero-order chi connectivity index (χ0) is 12.3. The third-order valence-electron chi connectivity index (χ3n) is 2.22. The van der Waals surface area contributed by atoms with E-state index in [2.05, 4.69) is 39.0 Å². The van der Waals surface area contributed by atoms with Gasteiger partial charge >= 0.3 is 0 Å². The summed E-state index contributed by atoms with van der Waals surface area (Å²) in [6, 6.07) is 2.34.